The number of carbonyl (C=O) groups is 1. The molecular formula is C22H24ClFN2O3. The van der Waals surface area contributed by atoms with Gasteiger partial charge in [-0.15, -0.1) is 0 Å². The zero-order chi connectivity index (χ0) is 20.4. The van der Waals surface area contributed by atoms with Gasteiger partial charge in [-0.2, -0.15) is 0 Å². The van der Waals surface area contributed by atoms with Crippen molar-refractivity contribution in [2.75, 3.05) is 25.0 Å². The number of ether oxygens (including phenoxy) is 1. The van der Waals surface area contributed by atoms with E-state index in [-0.39, 0.29) is 24.4 Å². The molecule has 0 radical (unpaired) electrons. The van der Waals surface area contributed by atoms with Gasteiger partial charge in [0.1, 0.15) is 17.7 Å². The molecule has 1 aliphatic heterocycles. The van der Waals surface area contributed by atoms with E-state index in [1.54, 1.807) is 24.3 Å². The van der Waals surface area contributed by atoms with Gasteiger partial charge in [-0.1, -0.05) is 17.7 Å². The van der Waals surface area contributed by atoms with Gasteiger partial charge in [0, 0.05) is 23.8 Å². The number of fused-ring (bicyclic) bond motifs is 1. The van der Waals surface area contributed by atoms with Crippen LogP contribution in [0, 0.1) is 17.7 Å². The van der Waals surface area contributed by atoms with Crippen molar-refractivity contribution in [3.05, 3.63) is 59.4 Å². The fourth-order valence-corrected chi connectivity index (χ4v) is 4.58. The minimum absolute atomic E-state index is 0.123. The molecule has 0 spiro atoms. The molecule has 1 amide bonds. The molecule has 154 valence electrons. The first-order valence-corrected chi connectivity index (χ1v) is 10.2. The van der Waals surface area contributed by atoms with E-state index in [4.69, 9.17) is 16.3 Å². The Balaban J connectivity index is 1.31. The first kappa shape index (κ1) is 20.1. The largest absolute Gasteiger partial charge is 0.488 e. The van der Waals surface area contributed by atoms with Gasteiger partial charge in [0.2, 0.25) is 5.91 Å². The highest BCUT2D eigenvalue weighted by Gasteiger charge is 2.42. The number of likely N-dealkylation sites (tertiary alicyclic amines) is 1. The Bertz CT molecular complexity index is 863. The Kier molecular flexibility index (Phi) is 6.04. The number of halogens is 2. The van der Waals surface area contributed by atoms with Crippen LogP contribution in [0.2, 0.25) is 5.02 Å². The summed E-state index contributed by atoms with van der Waals surface area (Å²) in [6.07, 6.45) is 0.589. The third-order valence-electron chi connectivity index (χ3n) is 5.74. The smallest absolute Gasteiger partial charge is 0.238 e. The van der Waals surface area contributed by atoms with Gasteiger partial charge >= 0.3 is 0 Å². The highest BCUT2D eigenvalue weighted by atomic mass is 35.5. The lowest BCUT2D eigenvalue weighted by Gasteiger charge is -2.35. The van der Waals surface area contributed by atoms with Crippen molar-refractivity contribution in [1.82, 2.24) is 4.90 Å². The molecule has 2 N–H and O–H groups in total. The van der Waals surface area contributed by atoms with Crippen molar-refractivity contribution in [2.24, 2.45) is 11.8 Å². The molecule has 1 heterocycles. The average Bonchev–Trinajstić information content (AvgIpc) is 3.04. The van der Waals surface area contributed by atoms with E-state index < -0.39 is 6.10 Å². The van der Waals surface area contributed by atoms with Crippen molar-refractivity contribution in [2.45, 2.75) is 25.0 Å². The van der Waals surface area contributed by atoms with Crippen LogP contribution in [0.1, 0.15) is 12.8 Å². The van der Waals surface area contributed by atoms with E-state index in [0.29, 0.717) is 34.7 Å². The van der Waals surface area contributed by atoms with Gasteiger partial charge in [-0.3, -0.25) is 9.69 Å². The van der Waals surface area contributed by atoms with Crippen molar-refractivity contribution in [3.8, 4) is 5.75 Å². The summed E-state index contributed by atoms with van der Waals surface area (Å²) in [6.45, 7) is 1.85. The Hall–Kier alpha value is -2.15. The lowest BCUT2D eigenvalue weighted by Crippen LogP contribution is -2.42. The molecular weight excluding hydrogens is 395 g/mol. The topological polar surface area (TPSA) is 61.8 Å². The lowest BCUT2D eigenvalue weighted by atomic mass is 9.78. The maximum absolute atomic E-state index is 13.0. The predicted molar refractivity (Wildman–Crippen MR) is 110 cm³/mol. The van der Waals surface area contributed by atoms with Crippen LogP contribution in [0.5, 0.6) is 5.75 Å². The summed E-state index contributed by atoms with van der Waals surface area (Å²) in [5.41, 5.74) is 0.582. The number of anilines is 1. The van der Waals surface area contributed by atoms with Crippen LogP contribution < -0.4 is 10.1 Å². The number of carbonyl (C=O) groups excluding carboxylic acids is 1. The highest BCUT2D eigenvalue weighted by Crippen LogP contribution is 2.38. The third-order valence-corrected chi connectivity index (χ3v) is 5.97. The zero-order valence-corrected chi connectivity index (χ0v) is 16.7. The van der Waals surface area contributed by atoms with E-state index in [9.17, 15) is 14.3 Å². The Morgan fingerprint density at radius 3 is 2.62 bits per heavy atom. The molecule has 1 aliphatic carbocycles. The van der Waals surface area contributed by atoms with Crippen LogP contribution in [0.15, 0.2) is 48.5 Å². The molecule has 4 atom stereocenters. The first-order valence-electron chi connectivity index (χ1n) is 9.84. The van der Waals surface area contributed by atoms with Crippen molar-refractivity contribution < 1.29 is 19.0 Å². The number of hydrogen-bond donors (Lipinski definition) is 2. The van der Waals surface area contributed by atoms with Crippen LogP contribution >= 0.6 is 11.6 Å². The lowest BCUT2D eigenvalue weighted by molar-refractivity contribution is -0.117. The number of aliphatic hydroxyl groups is 1. The number of nitrogens with zero attached hydrogens (tertiary/aromatic N) is 1. The second kappa shape index (κ2) is 8.69. The van der Waals surface area contributed by atoms with E-state index in [2.05, 4.69) is 10.2 Å². The number of amides is 1. The molecule has 1 saturated heterocycles. The van der Waals surface area contributed by atoms with Crippen LogP contribution in [0.25, 0.3) is 0 Å². The summed E-state index contributed by atoms with van der Waals surface area (Å²) < 4.78 is 19.0. The van der Waals surface area contributed by atoms with Gasteiger partial charge < -0.3 is 15.2 Å². The molecule has 2 fully saturated rings. The van der Waals surface area contributed by atoms with E-state index in [1.165, 1.54) is 12.1 Å². The Morgan fingerprint density at radius 2 is 1.90 bits per heavy atom. The first-order chi connectivity index (χ1) is 14.0. The predicted octanol–water partition coefficient (Wildman–Crippen LogP) is 3.57. The van der Waals surface area contributed by atoms with Gasteiger partial charge in [0.25, 0.3) is 0 Å². The fourth-order valence-electron chi connectivity index (χ4n) is 4.40. The molecule has 2 aromatic rings. The molecule has 1 saturated carbocycles. The molecule has 0 bridgehead atoms. The Morgan fingerprint density at radius 1 is 1.17 bits per heavy atom. The SMILES string of the molecule is O=C(CN1C[C@H]2C[C@@H](Oc3cccc(Cl)c3)[C@H](O)C[C@H]2C1)Nc1ccc(F)cc1. The van der Waals surface area contributed by atoms with Crippen LogP contribution in [0.4, 0.5) is 10.1 Å². The highest BCUT2D eigenvalue weighted by molar-refractivity contribution is 6.30. The van der Waals surface area contributed by atoms with Crippen LogP contribution in [-0.2, 0) is 4.79 Å². The summed E-state index contributed by atoms with van der Waals surface area (Å²) in [6, 6.07) is 12.9. The molecule has 2 aromatic carbocycles. The minimum Gasteiger partial charge on any atom is -0.488 e. The Labute approximate surface area is 174 Å². The molecule has 0 unspecified atom stereocenters. The molecule has 7 heteroatoms. The molecule has 5 nitrogen and oxygen atoms in total. The maximum Gasteiger partial charge on any atom is 0.238 e. The number of rotatable bonds is 5. The normalized spacial score (nSPS) is 26.7. The summed E-state index contributed by atoms with van der Waals surface area (Å²) in [7, 11) is 0. The van der Waals surface area contributed by atoms with Gasteiger partial charge in [-0.05, 0) is 67.1 Å². The molecule has 4 rings (SSSR count). The van der Waals surface area contributed by atoms with E-state index >= 15 is 0 Å². The van der Waals surface area contributed by atoms with E-state index in [0.717, 1.165) is 19.5 Å². The summed E-state index contributed by atoms with van der Waals surface area (Å²) in [5, 5.41) is 13.9. The summed E-state index contributed by atoms with van der Waals surface area (Å²) in [4.78, 5) is 14.4. The van der Waals surface area contributed by atoms with Gasteiger partial charge in [0.15, 0.2) is 0 Å². The zero-order valence-electron chi connectivity index (χ0n) is 15.9. The minimum atomic E-state index is -0.539. The average molecular weight is 419 g/mol. The number of nitrogens with one attached hydrogen (secondary N) is 1. The van der Waals surface area contributed by atoms with Crippen LogP contribution in [-0.4, -0.2) is 47.8 Å². The molecule has 29 heavy (non-hydrogen) atoms. The van der Waals surface area contributed by atoms with Crippen LogP contribution in [0.3, 0.4) is 0 Å². The second-order valence-corrected chi connectivity index (χ2v) is 8.36. The molecule has 2 aliphatic rings. The van der Waals surface area contributed by atoms with Crippen molar-refractivity contribution >= 4 is 23.2 Å². The standard InChI is InChI=1S/C22H24ClFN2O3/c23-16-2-1-3-19(10-16)29-21-9-15-12-26(11-14(15)8-20(21)27)13-22(28)25-18-6-4-17(24)5-7-18/h1-7,10,14-15,20-21,27H,8-9,11-13H2,(H,25,28)/t14-,15+,20+,21+/m0/s1. The van der Waals surface area contributed by atoms with Crippen molar-refractivity contribution in [3.63, 3.8) is 0 Å². The fraction of sp³-hybridized carbons (Fsp3) is 0.409. The summed E-state index contributed by atoms with van der Waals surface area (Å²) in [5.74, 6) is 0.930. The second-order valence-electron chi connectivity index (χ2n) is 7.92. The monoisotopic (exact) mass is 418 g/mol. The number of hydrogen-bond acceptors (Lipinski definition) is 4. The maximum atomic E-state index is 13.0. The van der Waals surface area contributed by atoms with Crippen molar-refractivity contribution in [1.29, 1.82) is 0 Å². The number of aliphatic hydroxyl groups excluding tert-OH is 1. The molecule has 0 aromatic heterocycles. The number of benzene rings is 2. The third kappa shape index (κ3) is 5.07. The summed E-state index contributed by atoms with van der Waals surface area (Å²) >= 11 is 6.02. The quantitative estimate of drug-likeness (QED) is 0.779. The van der Waals surface area contributed by atoms with Gasteiger partial charge in [0.05, 0.1) is 12.6 Å². The van der Waals surface area contributed by atoms with E-state index in [1.807, 2.05) is 12.1 Å². The van der Waals surface area contributed by atoms with Gasteiger partial charge in [-0.25, -0.2) is 4.39 Å².